The van der Waals surface area contributed by atoms with E-state index in [9.17, 15) is 9.18 Å². The van der Waals surface area contributed by atoms with Crippen LogP contribution in [0.4, 0.5) is 10.1 Å². The Morgan fingerprint density at radius 2 is 1.77 bits per heavy atom. The number of para-hydroxylation sites is 1. The number of carbonyl (C=O) groups is 1. The molecular formula is C26H24BrFN4O2S. The molecule has 1 N–H and O–H groups in total. The molecule has 4 rings (SSSR count). The number of hydrogen-bond donors (Lipinski definition) is 1. The summed E-state index contributed by atoms with van der Waals surface area (Å²) in [5, 5.41) is 12.2. The van der Waals surface area contributed by atoms with Gasteiger partial charge in [-0.1, -0.05) is 30.0 Å². The Bertz CT molecular complexity index is 1330. The molecule has 4 aromatic rings. The second kappa shape index (κ2) is 11.0. The summed E-state index contributed by atoms with van der Waals surface area (Å²) in [4.78, 5) is 12.7. The predicted octanol–water partition coefficient (Wildman–Crippen LogP) is 6.66. The highest BCUT2D eigenvalue weighted by molar-refractivity contribution is 9.10. The Hall–Kier alpha value is -3.17. The van der Waals surface area contributed by atoms with Crippen molar-refractivity contribution in [3.63, 3.8) is 0 Å². The van der Waals surface area contributed by atoms with Crippen LogP contribution >= 0.6 is 27.7 Å². The van der Waals surface area contributed by atoms with E-state index in [1.165, 1.54) is 23.9 Å². The quantitative estimate of drug-likeness (QED) is 0.247. The number of hydrogen-bond acceptors (Lipinski definition) is 5. The standard InChI is InChI=1S/C26H24BrFN4O2S/c1-16-13-22(27)23(14-17(16)2)29-24(33)15-35-26-31-30-25(32(26)20-7-5-4-6-8-20)18(3)34-21-11-9-19(28)10-12-21/h4-14,18H,15H2,1-3H3,(H,29,33). The Morgan fingerprint density at radius 3 is 2.49 bits per heavy atom. The minimum Gasteiger partial charge on any atom is -0.483 e. The predicted molar refractivity (Wildman–Crippen MR) is 140 cm³/mol. The van der Waals surface area contributed by atoms with E-state index < -0.39 is 6.10 Å². The first-order chi connectivity index (χ1) is 16.8. The van der Waals surface area contributed by atoms with E-state index in [2.05, 4.69) is 31.4 Å². The molecule has 180 valence electrons. The second-order valence-corrected chi connectivity index (χ2v) is 9.78. The maximum Gasteiger partial charge on any atom is 0.234 e. The van der Waals surface area contributed by atoms with Crippen LogP contribution in [0.5, 0.6) is 5.75 Å². The Kier molecular flexibility index (Phi) is 7.87. The van der Waals surface area contributed by atoms with Crippen LogP contribution in [0.25, 0.3) is 5.69 Å². The summed E-state index contributed by atoms with van der Waals surface area (Å²) in [5.41, 5.74) is 3.82. The number of amides is 1. The van der Waals surface area contributed by atoms with Gasteiger partial charge in [-0.15, -0.1) is 10.2 Å². The lowest BCUT2D eigenvalue weighted by atomic mass is 10.1. The number of anilines is 1. The van der Waals surface area contributed by atoms with Crippen LogP contribution in [0.2, 0.25) is 0 Å². The van der Waals surface area contributed by atoms with Gasteiger partial charge in [0.25, 0.3) is 0 Å². The lowest BCUT2D eigenvalue weighted by Crippen LogP contribution is -2.16. The molecule has 0 aliphatic carbocycles. The van der Waals surface area contributed by atoms with Crippen LogP contribution < -0.4 is 10.1 Å². The van der Waals surface area contributed by atoms with E-state index in [0.717, 1.165) is 27.0 Å². The summed E-state index contributed by atoms with van der Waals surface area (Å²) in [6.45, 7) is 5.88. The van der Waals surface area contributed by atoms with Gasteiger partial charge in [0.05, 0.1) is 11.4 Å². The lowest BCUT2D eigenvalue weighted by molar-refractivity contribution is -0.113. The minimum absolute atomic E-state index is 0.150. The molecule has 1 unspecified atom stereocenters. The highest BCUT2D eigenvalue weighted by Gasteiger charge is 2.22. The van der Waals surface area contributed by atoms with Crippen molar-refractivity contribution in [2.24, 2.45) is 0 Å². The molecule has 0 saturated carbocycles. The third-order valence-corrected chi connectivity index (χ3v) is 6.94. The topological polar surface area (TPSA) is 69.0 Å². The second-order valence-electron chi connectivity index (χ2n) is 7.98. The third-order valence-electron chi connectivity index (χ3n) is 5.35. The van der Waals surface area contributed by atoms with Crippen molar-refractivity contribution in [2.45, 2.75) is 32.0 Å². The fourth-order valence-corrected chi connectivity index (χ4v) is 4.74. The number of aryl methyl sites for hydroxylation is 2. The van der Waals surface area contributed by atoms with Crippen molar-refractivity contribution in [1.29, 1.82) is 0 Å². The SMILES string of the molecule is Cc1cc(Br)c(NC(=O)CSc2nnc(C(C)Oc3ccc(F)cc3)n2-c2ccccc2)cc1C. The van der Waals surface area contributed by atoms with Crippen molar-refractivity contribution < 1.29 is 13.9 Å². The smallest absolute Gasteiger partial charge is 0.234 e. The van der Waals surface area contributed by atoms with Gasteiger partial charge in [-0.25, -0.2) is 4.39 Å². The van der Waals surface area contributed by atoms with Gasteiger partial charge in [0.2, 0.25) is 5.91 Å². The molecule has 1 heterocycles. The van der Waals surface area contributed by atoms with Crippen LogP contribution in [0, 0.1) is 19.7 Å². The molecule has 0 spiro atoms. The summed E-state index contributed by atoms with van der Waals surface area (Å²) in [6, 6.07) is 19.4. The number of aromatic nitrogens is 3. The van der Waals surface area contributed by atoms with E-state index in [4.69, 9.17) is 4.74 Å². The van der Waals surface area contributed by atoms with Crippen molar-refractivity contribution in [3.8, 4) is 11.4 Å². The van der Waals surface area contributed by atoms with E-state index in [1.807, 2.05) is 67.8 Å². The zero-order valence-corrected chi connectivity index (χ0v) is 21.9. The molecule has 0 aliphatic heterocycles. The van der Waals surface area contributed by atoms with Crippen LogP contribution in [-0.2, 0) is 4.79 Å². The molecule has 0 bridgehead atoms. The monoisotopic (exact) mass is 554 g/mol. The molecule has 6 nitrogen and oxygen atoms in total. The van der Waals surface area contributed by atoms with Gasteiger partial charge in [-0.2, -0.15) is 0 Å². The van der Waals surface area contributed by atoms with Gasteiger partial charge in [-0.3, -0.25) is 9.36 Å². The van der Waals surface area contributed by atoms with Crippen molar-refractivity contribution in [1.82, 2.24) is 14.8 Å². The number of ether oxygens (including phenoxy) is 1. The molecule has 0 saturated heterocycles. The van der Waals surface area contributed by atoms with Gasteiger partial charge in [0.1, 0.15) is 11.6 Å². The fraction of sp³-hybridized carbons (Fsp3) is 0.192. The minimum atomic E-state index is -0.470. The van der Waals surface area contributed by atoms with Crippen LogP contribution in [0.1, 0.15) is 30.0 Å². The third kappa shape index (κ3) is 6.10. The number of benzene rings is 3. The van der Waals surface area contributed by atoms with Gasteiger partial charge < -0.3 is 10.1 Å². The molecule has 0 radical (unpaired) electrons. The molecule has 0 fully saturated rings. The van der Waals surface area contributed by atoms with Gasteiger partial charge in [-0.05, 0) is 96.4 Å². The largest absolute Gasteiger partial charge is 0.483 e. The molecule has 1 aromatic heterocycles. The number of halogens is 2. The average molecular weight is 555 g/mol. The summed E-state index contributed by atoms with van der Waals surface area (Å²) in [7, 11) is 0. The Morgan fingerprint density at radius 1 is 1.09 bits per heavy atom. The molecular weight excluding hydrogens is 531 g/mol. The number of carbonyl (C=O) groups excluding carboxylic acids is 1. The van der Waals surface area contributed by atoms with Gasteiger partial charge >= 0.3 is 0 Å². The zero-order chi connectivity index (χ0) is 24.9. The number of rotatable bonds is 8. The molecule has 3 aromatic carbocycles. The van der Waals surface area contributed by atoms with E-state index in [1.54, 1.807) is 12.1 Å². The summed E-state index contributed by atoms with van der Waals surface area (Å²) in [6.07, 6.45) is -0.470. The zero-order valence-electron chi connectivity index (χ0n) is 19.5. The molecule has 1 amide bonds. The first-order valence-electron chi connectivity index (χ1n) is 10.9. The highest BCUT2D eigenvalue weighted by Crippen LogP contribution is 2.29. The number of nitrogens with zero attached hydrogens (tertiary/aromatic N) is 3. The Labute approximate surface area is 216 Å². The maximum absolute atomic E-state index is 13.3. The fourth-order valence-electron chi connectivity index (χ4n) is 3.42. The summed E-state index contributed by atoms with van der Waals surface area (Å²) < 4.78 is 22.0. The van der Waals surface area contributed by atoms with E-state index in [-0.39, 0.29) is 17.5 Å². The molecule has 35 heavy (non-hydrogen) atoms. The van der Waals surface area contributed by atoms with Crippen LogP contribution in [0.15, 0.2) is 76.4 Å². The first-order valence-corrected chi connectivity index (χ1v) is 12.7. The Balaban J connectivity index is 1.53. The summed E-state index contributed by atoms with van der Waals surface area (Å²) in [5.74, 6) is 0.757. The molecule has 1 atom stereocenters. The normalized spacial score (nSPS) is 11.8. The maximum atomic E-state index is 13.3. The first kappa shape index (κ1) is 24.9. The van der Waals surface area contributed by atoms with E-state index in [0.29, 0.717) is 16.7 Å². The van der Waals surface area contributed by atoms with Crippen molar-refractivity contribution >= 4 is 39.3 Å². The highest BCUT2D eigenvalue weighted by atomic mass is 79.9. The van der Waals surface area contributed by atoms with Crippen molar-refractivity contribution in [3.05, 3.63) is 94.0 Å². The average Bonchev–Trinajstić information content (AvgIpc) is 3.27. The van der Waals surface area contributed by atoms with Crippen molar-refractivity contribution in [2.75, 3.05) is 11.1 Å². The molecule has 0 aliphatic rings. The number of nitrogens with one attached hydrogen (secondary N) is 1. The van der Waals surface area contributed by atoms with Gasteiger partial charge in [0.15, 0.2) is 17.1 Å². The number of thioether (sulfide) groups is 1. The van der Waals surface area contributed by atoms with Crippen LogP contribution in [-0.4, -0.2) is 26.4 Å². The summed E-state index contributed by atoms with van der Waals surface area (Å²) >= 11 is 4.80. The molecule has 9 heteroatoms. The van der Waals surface area contributed by atoms with Crippen LogP contribution in [0.3, 0.4) is 0 Å². The lowest BCUT2D eigenvalue weighted by Gasteiger charge is -2.16. The van der Waals surface area contributed by atoms with E-state index >= 15 is 0 Å². The van der Waals surface area contributed by atoms with Gasteiger partial charge in [0, 0.05) is 10.2 Å².